The number of rotatable bonds is 5. The summed E-state index contributed by atoms with van der Waals surface area (Å²) in [4.78, 5) is 13.7. The van der Waals surface area contributed by atoms with E-state index in [1.54, 1.807) is 30.5 Å². The lowest BCUT2D eigenvalue weighted by molar-refractivity contribution is -0.938. The fraction of sp³-hybridized carbons (Fsp3) is 0.353. The average molecular weight is 336 g/mol. The molecular formula is C17H20ClN2O3+. The van der Waals surface area contributed by atoms with Gasteiger partial charge in [0.05, 0.1) is 26.0 Å². The van der Waals surface area contributed by atoms with Gasteiger partial charge in [-0.1, -0.05) is 17.7 Å². The van der Waals surface area contributed by atoms with Gasteiger partial charge in [-0.15, -0.1) is 0 Å². The van der Waals surface area contributed by atoms with Gasteiger partial charge in [-0.3, -0.25) is 4.79 Å². The second-order valence-electron chi connectivity index (χ2n) is 5.56. The first-order valence-electron chi connectivity index (χ1n) is 7.73. The Labute approximate surface area is 140 Å². The highest BCUT2D eigenvalue weighted by molar-refractivity contribution is 6.30. The van der Waals surface area contributed by atoms with Crippen molar-refractivity contribution in [2.75, 3.05) is 32.8 Å². The lowest BCUT2D eigenvalue weighted by Gasteiger charge is -2.30. The third-order valence-electron chi connectivity index (χ3n) is 4.07. The summed E-state index contributed by atoms with van der Waals surface area (Å²) in [6.07, 6.45) is 1.67. The van der Waals surface area contributed by atoms with E-state index in [1.165, 1.54) is 4.90 Å². The third-order valence-corrected chi connectivity index (χ3v) is 4.30. The van der Waals surface area contributed by atoms with Gasteiger partial charge in [-0.2, -0.15) is 0 Å². The first kappa shape index (κ1) is 16.1. The quantitative estimate of drug-likeness (QED) is 0.866. The van der Waals surface area contributed by atoms with Crippen LogP contribution in [0.1, 0.15) is 22.2 Å². The van der Waals surface area contributed by atoms with Crippen LogP contribution in [-0.2, 0) is 4.74 Å². The summed E-state index contributed by atoms with van der Waals surface area (Å²) in [7, 11) is 0. The van der Waals surface area contributed by atoms with Crippen LogP contribution in [0.15, 0.2) is 47.1 Å². The Hall–Kier alpha value is -1.82. The van der Waals surface area contributed by atoms with Crippen LogP contribution < -0.4 is 10.2 Å². The first-order chi connectivity index (χ1) is 11.2. The topological polar surface area (TPSA) is 55.9 Å². The summed E-state index contributed by atoms with van der Waals surface area (Å²) in [6.45, 7) is 3.77. The van der Waals surface area contributed by atoms with E-state index in [1.807, 2.05) is 12.1 Å². The molecule has 23 heavy (non-hydrogen) atoms. The second-order valence-corrected chi connectivity index (χ2v) is 6.00. The molecule has 6 heteroatoms. The molecule has 1 amide bonds. The van der Waals surface area contributed by atoms with Crippen LogP contribution in [0.5, 0.6) is 0 Å². The van der Waals surface area contributed by atoms with Crippen molar-refractivity contribution in [3.05, 3.63) is 59.0 Å². The predicted octanol–water partition coefficient (Wildman–Crippen LogP) is 1.32. The van der Waals surface area contributed by atoms with Crippen LogP contribution in [0.25, 0.3) is 0 Å². The molecule has 2 N–H and O–H groups in total. The Balaban J connectivity index is 1.67. The molecule has 0 spiro atoms. The number of amides is 1. The van der Waals surface area contributed by atoms with Crippen molar-refractivity contribution in [1.29, 1.82) is 0 Å². The zero-order valence-corrected chi connectivity index (χ0v) is 13.5. The highest BCUT2D eigenvalue weighted by atomic mass is 35.5. The van der Waals surface area contributed by atoms with Crippen LogP contribution in [0, 0.1) is 0 Å². The summed E-state index contributed by atoms with van der Waals surface area (Å²) in [5.41, 5.74) is 0.563. The Morgan fingerprint density at radius 1 is 1.26 bits per heavy atom. The van der Waals surface area contributed by atoms with Crippen molar-refractivity contribution in [3.8, 4) is 0 Å². The molecular weight excluding hydrogens is 316 g/mol. The van der Waals surface area contributed by atoms with Crippen molar-refractivity contribution in [2.45, 2.75) is 6.04 Å². The summed E-state index contributed by atoms with van der Waals surface area (Å²) < 4.78 is 11.0. The van der Waals surface area contributed by atoms with E-state index < -0.39 is 0 Å². The maximum atomic E-state index is 12.3. The van der Waals surface area contributed by atoms with Crippen molar-refractivity contribution in [2.24, 2.45) is 0 Å². The monoisotopic (exact) mass is 335 g/mol. The number of halogens is 1. The molecule has 0 bridgehead atoms. The number of carbonyl (C=O) groups is 1. The zero-order chi connectivity index (χ0) is 16.1. The average Bonchev–Trinajstić information content (AvgIpc) is 3.10. The maximum absolute atomic E-state index is 12.3. The van der Waals surface area contributed by atoms with Gasteiger partial charge in [0.1, 0.15) is 13.1 Å². The van der Waals surface area contributed by atoms with Gasteiger partial charge in [-0.25, -0.2) is 0 Å². The molecule has 0 aliphatic carbocycles. The van der Waals surface area contributed by atoms with Crippen LogP contribution >= 0.6 is 11.6 Å². The maximum Gasteiger partial charge on any atom is 0.251 e. The van der Waals surface area contributed by atoms with E-state index in [-0.39, 0.29) is 11.9 Å². The van der Waals surface area contributed by atoms with E-state index in [4.69, 9.17) is 20.8 Å². The van der Waals surface area contributed by atoms with Crippen molar-refractivity contribution in [1.82, 2.24) is 5.32 Å². The Morgan fingerprint density at radius 3 is 2.78 bits per heavy atom. The summed E-state index contributed by atoms with van der Waals surface area (Å²) in [6, 6.07) is 10.9. The van der Waals surface area contributed by atoms with E-state index in [2.05, 4.69) is 5.32 Å². The molecule has 1 aromatic carbocycles. The molecule has 5 nitrogen and oxygen atoms in total. The molecule has 122 valence electrons. The number of hydrogen-bond donors (Lipinski definition) is 2. The summed E-state index contributed by atoms with van der Waals surface area (Å²) in [5.74, 6) is 0.755. The number of hydrogen-bond acceptors (Lipinski definition) is 3. The van der Waals surface area contributed by atoms with Gasteiger partial charge >= 0.3 is 0 Å². The molecule has 0 saturated carbocycles. The number of benzene rings is 1. The van der Waals surface area contributed by atoms with E-state index in [0.717, 1.165) is 32.1 Å². The number of quaternary nitrogens is 1. The van der Waals surface area contributed by atoms with Crippen molar-refractivity contribution < 1.29 is 18.8 Å². The second kappa shape index (κ2) is 7.64. The Morgan fingerprint density at radius 2 is 2.09 bits per heavy atom. The molecule has 1 aliphatic heterocycles. The van der Waals surface area contributed by atoms with Gasteiger partial charge in [0, 0.05) is 10.6 Å². The molecule has 1 saturated heterocycles. The van der Waals surface area contributed by atoms with E-state index in [9.17, 15) is 4.79 Å². The molecule has 1 fully saturated rings. The van der Waals surface area contributed by atoms with Gasteiger partial charge in [0.2, 0.25) is 0 Å². The smallest absolute Gasteiger partial charge is 0.251 e. The van der Waals surface area contributed by atoms with Gasteiger partial charge in [-0.05, 0) is 30.3 Å². The number of morpholine rings is 1. The van der Waals surface area contributed by atoms with Gasteiger partial charge in [0.15, 0.2) is 11.8 Å². The predicted molar refractivity (Wildman–Crippen MR) is 86.7 cm³/mol. The minimum Gasteiger partial charge on any atom is -0.463 e. The van der Waals surface area contributed by atoms with E-state index in [0.29, 0.717) is 17.1 Å². The summed E-state index contributed by atoms with van der Waals surface area (Å²) >= 11 is 5.94. The fourth-order valence-corrected chi connectivity index (χ4v) is 3.03. The number of carbonyl (C=O) groups excluding carboxylic acids is 1. The molecule has 0 radical (unpaired) electrons. The number of ether oxygens (including phenoxy) is 1. The normalized spacial score (nSPS) is 16.9. The van der Waals surface area contributed by atoms with Gasteiger partial charge < -0.3 is 19.4 Å². The van der Waals surface area contributed by atoms with Crippen LogP contribution in [-0.4, -0.2) is 38.8 Å². The highest BCUT2D eigenvalue weighted by Gasteiger charge is 2.29. The molecule has 0 unspecified atom stereocenters. The van der Waals surface area contributed by atoms with Crippen molar-refractivity contribution in [3.63, 3.8) is 0 Å². The largest absolute Gasteiger partial charge is 0.463 e. The SMILES string of the molecule is O=C(NC[C@@H](c1ccco1)[NH+]1CCOCC1)c1cccc(Cl)c1. The molecule has 3 rings (SSSR count). The fourth-order valence-electron chi connectivity index (χ4n) is 2.84. The molecule has 1 aromatic heterocycles. The molecule has 2 heterocycles. The van der Waals surface area contributed by atoms with Crippen LogP contribution in [0.2, 0.25) is 5.02 Å². The minimum absolute atomic E-state index is 0.0806. The van der Waals surface area contributed by atoms with Crippen LogP contribution in [0.4, 0.5) is 0 Å². The van der Waals surface area contributed by atoms with Crippen LogP contribution in [0.3, 0.4) is 0 Å². The van der Waals surface area contributed by atoms with Crippen molar-refractivity contribution >= 4 is 17.5 Å². The minimum atomic E-state index is -0.128. The summed E-state index contributed by atoms with van der Waals surface area (Å²) in [5, 5.41) is 3.55. The molecule has 2 aromatic rings. The molecule has 1 aliphatic rings. The number of nitrogens with one attached hydrogen (secondary N) is 2. The first-order valence-corrected chi connectivity index (χ1v) is 8.11. The standard InChI is InChI=1S/C17H19ClN2O3/c18-14-4-1-3-13(11-14)17(21)19-12-15(16-5-2-8-23-16)20-6-9-22-10-7-20/h1-5,8,11,15H,6-7,9-10,12H2,(H,19,21)/p+1/t15-/m0/s1. The molecule has 1 atom stereocenters. The number of furan rings is 1. The highest BCUT2D eigenvalue weighted by Crippen LogP contribution is 2.12. The lowest BCUT2D eigenvalue weighted by Crippen LogP contribution is -3.15. The zero-order valence-electron chi connectivity index (χ0n) is 12.8. The van der Waals surface area contributed by atoms with Gasteiger partial charge in [0.25, 0.3) is 5.91 Å². The van der Waals surface area contributed by atoms with E-state index >= 15 is 0 Å². The Kier molecular flexibility index (Phi) is 5.33. The Bertz CT molecular complexity index is 639. The third kappa shape index (κ3) is 4.13. The lowest BCUT2D eigenvalue weighted by atomic mass is 10.1.